The molecule has 1 saturated heterocycles. The fourth-order valence-corrected chi connectivity index (χ4v) is 3.36. The summed E-state index contributed by atoms with van der Waals surface area (Å²) >= 11 is 0. The number of nitrogens with zero attached hydrogens (tertiary/aromatic N) is 1. The van der Waals surface area contributed by atoms with Gasteiger partial charge >= 0.3 is 0 Å². The number of phenols is 1. The van der Waals surface area contributed by atoms with Gasteiger partial charge in [0.2, 0.25) is 5.91 Å². The molecule has 2 aromatic rings. The van der Waals surface area contributed by atoms with Crippen molar-refractivity contribution in [2.24, 2.45) is 5.92 Å². The minimum atomic E-state index is -0.0814. The number of carbonyl (C=O) groups is 2. The van der Waals surface area contributed by atoms with Crippen LogP contribution < -0.4 is 0 Å². The first kappa shape index (κ1) is 17.2. The second-order valence-corrected chi connectivity index (χ2v) is 6.65. The van der Waals surface area contributed by atoms with Gasteiger partial charge in [0.15, 0.2) is 0 Å². The molecule has 0 spiro atoms. The zero-order chi connectivity index (χ0) is 17.6. The highest BCUT2D eigenvalue weighted by molar-refractivity contribution is 5.85. The summed E-state index contributed by atoms with van der Waals surface area (Å²) in [6.07, 6.45) is 2.40. The lowest BCUT2D eigenvalue weighted by Gasteiger charge is -2.32. The Balaban J connectivity index is 1.58. The van der Waals surface area contributed by atoms with Crippen LogP contribution in [0.15, 0.2) is 54.6 Å². The Bertz CT molecular complexity index is 742. The molecule has 3 rings (SSSR count). The second-order valence-electron chi connectivity index (χ2n) is 6.65. The number of amides is 1. The fraction of sp³-hybridized carbons (Fsp3) is 0.333. The van der Waals surface area contributed by atoms with E-state index in [9.17, 15) is 14.7 Å². The zero-order valence-electron chi connectivity index (χ0n) is 14.2. The van der Waals surface area contributed by atoms with Crippen LogP contribution >= 0.6 is 0 Å². The van der Waals surface area contributed by atoms with Gasteiger partial charge in [-0.1, -0.05) is 42.5 Å². The molecule has 130 valence electrons. The summed E-state index contributed by atoms with van der Waals surface area (Å²) in [5, 5.41) is 9.52. The molecule has 1 heterocycles. The van der Waals surface area contributed by atoms with Crippen molar-refractivity contribution >= 4 is 11.7 Å². The number of hydrogen-bond acceptors (Lipinski definition) is 3. The Morgan fingerprint density at radius 2 is 1.76 bits per heavy atom. The molecule has 1 fully saturated rings. The molecule has 1 amide bonds. The second kappa shape index (κ2) is 7.97. The van der Waals surface area contributed by atoms with E-state index in [0.29, 0.717) is 19.5 Å². The molecule has 0 saturated carbocycles. The lowest BCUT2D eigenvalue weighted by Crippen LogP contribution is -2.43. The lowest BCUT2D eigenvalue weighted by molar-refractivity contribution is -0.134. The van der Waals surface area contributed by atoms with Crippen LogP contribution in [-0.2, 0) is 22.4 Å². The molecular formula is C21H23NO3. The molecule has 2 aromatic carbocycles. The van der Waals surface area contributed by atoms with Crippen LogP contribution in [0.4, 0.5) is 0 Å². The molecule has 1 atom stereocenters. The molecule has 1 aliphatic heterocycles. The van der Waals surface area contributed by atoms with E-state index < -0.39 is 0 Å². The van der Waals surface area contributed by atoms with Gasteiger partial charge in [-0.25, -0.2) is 0 Å². The average molecular weight is 337 g/mol. The number of carbonyl (C=O) groups excluding carboxylic acids is 2. The number of rotatable bonds is 5. The van der Waals surface area contributed by atoms with Gasteiger partial charge in [-0.15, -0.1) is 0 Å². The number of ketones is 1. The third-order valence-electron chi connectivity index (χ3n) is 4.72. The molecule has 1 N–H and O–H groups in total. The SMILES string of the molecule is O=C(Cc1ccccc1)C1CCCN(C(=O)Cc2cccc(O)c2)C1. The van der Waals surface area contributed by atoms with Crippen molar-refractivity contribution in [3.63, 3.8) is 0 Å². The van der Waals surface area contributed by atoms with E-state index in [2.05, 4.69) is 0 Å². The van der Waals surface area contributed by atoms with E-state index >= 15 is 0 Å². The molecule has 1 unspecified atom stereocenters. The van der Waals surface area contributed by atoms with Gasteiger partial charge in [0.05, 0.1) is 6.42 Å². The maximum absolute atomic E-state index is 12.6. The molecule has 1 aliphatic rings. The lowest BCUT2D eigenvalue weighted by atomic mass is 9.90. The summed E-state index contributed by atoms with van der Waals surface area (Å²) < 4.78 is 0. The van der Waals surface area contributed by atoms with Crippen molar-refractivity contribution in [3.05, 3.63) is 65.7 Å². The summed E-state index contributed by atoms with van der Waals surface area (Å²) in [5.74, 6) is 0.311. The molecular weight excluding hydrogens is 314 g/mol. The summed E-state index contributed by atoms with van der Waals surface area (Å²) in [4.78, 5) is 26.9. The summed E-state index contributed by atoms with van der Waals surface area (Å²) in [6.45, 7) is 1.20. The Hall–Kier alpha value is -2.62. The molecule has 0 aromatic heterocycles. The number of phenolic OH excluding ortho intramolecular Hbond substituents is 1. The third-order valence-corrected chi connectivity index (χ3v) is 4.72. The highest BCUT2D eigenvalue weighted by Gasteiger charge is 2.28. The maximum Gasteiger partial charge on any atom is 0.227 e. The summed E-state index contributed by atoms with van der Waals surface area (Å²) in [7, 11) is 0. The largest absolute Gasteiger partial charge is 0.508 e. The zero-order valence-corrected chi connectivity index (χ0v) is 14.2. The standard InChI is InChI=1S/C21H23NO3/c23-19-10-4-8-17(12-19)14-21(25)22-11-5-9-18(15-22)20(24)13-16-6-2-1-3-7-16/h1-4,6-8,10,12,18,23H,5,9,11,13-15H2. The Morgan fingerprint density at radius 3 is 2.52 bits per heavy atom. The van der Waals surface area contributed by atoms with Crippen molar-refractivity contribution in [2.45, 2.75) is 25.7 Å². The third kappa shape index (κ3) is 4.69. The van der Waals surface area contributed by atoms with Gasteiger partial charge in [-0.05, 0) is 36.1 Å². The minimum Gasteiger partial charge on any atom is -0.508 e. The van der Waals surface area contributed by atoms with E-state index in [4.69, 9.17) is 0 Å². The van der Waals surface area contributed by atoms with Crippen LogP contribution in [0, 0.1) is 5.92 Å². The molecule has 0 bridgehead atoms. The number of aromatic hydroxyl groups is 1. The monoisotopic (exact) mass is 337 g/mol. The quantitative estimate of drug-likeness (QED) is 0.912. The van der Waals surface area contributed by atoms with Gasteiger partial charge in [-0.3, -0.25) is 9.59 Å². The van der Waals surface area contributed by atoms with Crippen molar-refractivity contribution in [2.75, 3.05) is 13.1 Å². The fourth-order valence-electron chi connectivity index (χ4n) is 3.36. The van der Waals surface area contributed by atoms with Crippen molar-refractivity contribution in [1.82, 2.24) is 4.90 Å². The molecule has 4 nitrogen and oxygen atoms in total. The smallest absolute Gasteiger partial charge is 0.227 e. The Labute approximate surface area is 148 Å². The first-order valence-corrected chi connectivity index (χ1v) is 8.74. The highest BCUT2D eigenvalue weighted by Crippen LogP contribution is 2.21. The summed E-state index contributed by atoms with van der Waals surface area (Å²) in [6, 6.07) is 16.5. The number of piperidine rings is 1. The van der Waals surface area contributed by atoms with Gasteiger partial charge in [0, 0.05) is 25.4 Å². The van der Waals surface area contributed by atoms with Crippen LogP contribution in [0.1, 0.15) is 24.0 Å². The maximum atomic E-state index is 12.6. The molecule has 0 radical (unpaired) electrons. The van der Waals surface area contributed by atoms with E-state index in [1.54, 1.807) is 23.1 Å². The van der Waals surface area contributed by atoms with Crippen molar-refractivity contribution in [1.29, 1.82) is 0 Å². The van der Waals surface area contributed by atoms with E-state index in [1.165, 1.54) is 0 Å². The highest BCUT2D eigenvalue weighted by atomic mass is 16.3. The van der Waals surface area contributed by atoms with Crippen LogP contribution in [-0.4, -0.2) is 34.8 Å². The predicted octanol–water partition coefficient (Wildman–Crippen LogP) is 2.99. The number of likely N-dealkylation sites (tertiary alicyclic amines) is 1. The Morgan fingerprint density at radius 1 is 1.00 bits per heavy atom. The molecule has 25 heavy (non-hydrogen) atoms. The van der Waals surface area contributed by atoms with Crippen molar-refractivity contribution in [3.8, 4) is 5.75 Å². The van der Waals surface area contributed by atoms with E-state index in [0.717, 1.165) is 24.0 Å². The van der Waals surface area contributed by atoms with Crippen LogP contribution in [0.5, 0.6) is 5.75 Å². The number of benzene rings is 2. The predicted molar refractivity (Wildman–Crippen MR) is 96.3 cm³/mol. The number of hydrogen-bond donors (Lipinski definition) is 1. The topological polar surface area (TPSA) is 57.6 Å². The Kier molecular flexibility index (Phi) is 5.49. The molecule has 4 heteroatoms. The van der Waals surface area contributed by atoms with Crippen LogP contribution in [0.2, 0.25) is 0 Å². The number of Topliss-reactive ketones (excluding diaryl/α,β-unsaturated/α-hetero) is 1. The van der Waals surface area contributed by atoms with Crippen LogP contribution in [0.3, 0.4) is 0 Å². The van der Waals surface area contributed by atoms with Crippen LogP contribution in [0.25, 0.3) is 0 Å². The van der Waals surface area contributed by atoms with Gasteiger partial charge in [0.1, 0.15) is 11.5 Å². The normalized spacial score (nSPS) is 17.3. The van der Waals surface area contributed by atoms with E-state index in [1.807, 2.05) is 36.4 Å². The van der Waals surface area contributed by atoms with E-state index in [-0.39, 0.29) is 29.8 Å². The van der Waals surface area contributed by atoms with Gasteiger partial charge < -0.3 is 10.0 Å². The summed E-state index contributed by atoms with van der Waals surface area (Å²) in [5.41, 5.74) is 1.82. The first-order valence-electron chi connectivity index (χ1n) is 8.74. The first-order chi connectivity index (χ1) is 12.1. The van der Waals surface area contributed by atoms with Gasteiger partial charge in [-0.2, -0.15) is 0 Å². The molecule has 0 aliphatic carbocycles. The minimum absolute atomic E-state index is 0.0165. The van der Waals surface area contributed by atoms with Gasteiger partial charge in [0.25, 0.3) is 0 Å². The van der Waals surface area contributed by atoms with Crippen molar-refractivity contribution < 1.29 is 14.7 Å². The average Bonchev–Trinajstić information content (AvgIpc) is 2.62.